The van der Waals surface area contributed by atoms with Crippen LogP contribution >= 0.6 is 11.3 Å². The molecule has 5 heteroatoms. The van der Waals surface area contributed by atoms with Crippen LogP contribution in [0.15, 0.2) is 53.9 Å². The first kappa shape index (κ1) is 15.2. The fraction of sp³-hybridized carbons (Fsp3) is 0.111. The van der Waals surface area contributed by atoms with E-state index in [0.29, 0.717) is 5.56 Å². The third kappa shape index (κ3) is 3.57. The lowest BCUT2D eigenvalue weighted by atomic mass is 10.1. The lowest BCUT2D eigenvalue weighted by molar-refractivity contribution is 0.0601. The van der Waals surface area contributed by atoms with Crippen molar-refractivity contribution in [1.82, 2.24) is 4.98 Å². The number of aryl methyl sites for hydroxylation is 1. The number of nitrogens with zero attached hydrogens (tertiary/aromatic N) is 1. The van der Waals surface area contributed by atoms with E-state index < -0.39 is 0 Å². The summed E-state index contributed by atoms with van der Waals surface area (Å²) in [5.74, 6) is -0.354. The molecule has 0 fully saturated rings. The molecule has 1 heterocycles. The van der Waals surface area contributed by atoms with Gasteiger partial charge in [0.2, 0.25) is 0 Å². The molecule has 0 radical (unpaired) electrons. The number of anilines is 2. The van der Waals surface area contributed by atoms with Crippen molar-refractivity contribution in [3.05, 3.63) is 65.0 Å². The van der Waals surface area contributed by atoms with Gasteiger partial charge in [-0.15, -0.1) is 11.3 Å². The Balaban J connectivity index is 1.79. The minimum absolute atomic E-state index is 0.354. The zero-order chi connectivity index (χ0) is 16.2. The Hall–Kier alpha value is -2.66. The molecule has 0 aliphatic carbocycles. The van der Waals surface area contributed by atoms with Crippen LogP contribution in [0.3, 0.4) is 0 Å². The van der Waals surface area contributed by atoms with Crippen molar-refractivity contribution in [1.29, 1.82) is 0 Å². The highest BCUT2D eigenvalue weighted by atomic mass is 32.1. The largest absolute Gasteiger partial charge is 0.465 e. The first-order valence-corrected chi connectivity index (χ1v) is 8.01. The van der Waals surface area contributed by atoms with Crippen molar-refractivity contribution in [3.8, 4) is 11.3 Å². The molecule has 0 saturated heterocycles. The van der Waals surface area contributed by atoms with Gasteiger partial charge in [0.25, 0.3) is 0 Å². The summed E-state index contributed by atoms with van der Waals surface area (Å²) in [6.07, 6.45) is 0. The van der Waals surface area contributed by atoms with Gasteiger partial charge in [-0.2, -0.15) is 0 Å². The summed E-state index contributed by atoms with van der Waals surface area (Å²) in [7, 11) is 1.37. The fourth-order valence-electron chi connectivity index (χ4n) is 2.15. The van der Waals surface area contributed by atoms with E-state index in [1.54, 1.807) is 12.1 Å². The van der Waals surface area contributed by atoms with Crippen LogP contribution in [0.2, 0.25) is 0 Å². The van der Waals surface area contributed by atoms with Gasteiger partial charge in [0, 0.05) is 16.6 Å². The quantitative estimate of drug-likeness (QED) is 0.710. The third-order valence-corrected chi connectivity index (χ3v) is 4.14. The zero-order valence-electron chi connectivity index (χ0n) is 12.9. The molecule has 0 amide bonds. The lowest BCUT2D eigenvalue weighted by Gasteiger charge is -2.04. The smallest absolute Gasteiger partial charge is 0.337 e. The summed E-state index contributed by atoms with van der Waals surface area (Å²) >= 11 is 1.53. The zero-order valence-corrected chi connectivity index (χ0v) is 13.7. The Morgan fingerprint density at radius 2 is 1.96 bits per heavy atom. The topological polar surface area (TPSA) is 51.2 Å². The number of benzene rings is 2. The second-order valence-electron chi connectivity index (χ2n) is 5.10. The van der Waals surface area contributed by atoms with Gasteiger partial charge in [-0.3, -0.25) is 0 Å². The molecule has 0 aliphatic rings. The lowest BCUT2D eigenvalue weighted by Crippen LogP contribution is -2.01. The Labute approximate surface area is 138 Å². The van der Waals surface area contributed by atoms with E-state index >= 15 is 0 Å². The highest BCUT2D eigenvalue weighted by Gasteiger charge is 2.08. The van der Waals surface area contributed by atoms with Gasteiger partial charge < -0.3 is 10.1 Å². The summed E-state index contributed by atoms with van der Waals surface area (Å²) in [5, 5.41) is 6.02. The molecule has 1 aromatic heterocycles. The number of nitrogens with one attached hydrogen (secondary N) is 1. The molecule has 0 saturated carbocycles. The van der Waals surface area contributed by atoms with Gasteiger partial charge in [0.1, 0.15) is 0 Å². The SMILES string of the molecule is COC(=O)c1cccc(Nc2nc(-c3ccc(C)cc3)cs2)c1. The molecule has 116 valence electrons. The normalized spacial score (nSPS) is 10.3. The van der Waals surface area contributed by atoms with Crippen LogP contribution in [0.1, 0.15) is 15.9 Å². The Kier molecular flexibility index (Phi) is 4.39. The van der Waals surface area contributed by atoms with Crippen molar-refractivity contribution in [2.75, 3.05) is 12.4 Å². The van der Waals surface area contributed by atoms with E-state index in [-0.39, 0.29) is 5.97 Å². The third-order valence-electron chi connectivity index (χ3n) is 3.39. The molecule has 3 rings (SSSR count). The van der Waals surface area contributed by atoms with E-state index in [0.717, 1.165) is 22.1 Å². The maximum atomic E-state index is 11.6. The number of hydrogen-bond donors (Lipinski definition) is 1. The van der Waals surface area contributed by atoms with Gasteiger partial charge >= 0.3 is 5.97 Å². The van der Waals surface area contributed by atoms with Crippen molar-refractivity contribution >= 4 is 28.1 Å². The summed E-state index contributed by atoms with van der Waals surface area (Å²) in [6.45, 7) is 2.06. The predicted molar refractivity (Wildman–Crippen MR) is 93.4 cm³/mol. The number of methoxy groups -OCH3 is 1. The number of esters is 1. The Morgan fingerprint density at radius 3 is 2.70 bits per heavy atom. The standard InChI is InChI=1S/C18H16N2O2S/c1-12-6-8-13(9-7-12)16-11-23-18(20-16)19-15-5-3-4-14(10-15)17(21)22-2/h3-11H,1-2H3,(H,19,20). The Morgan fingerprint density at radius 1 is 1.17 bits per heavy atom. The average Bonchev–Trinajstić information content (AvgIpc) is 3.03. The summed E-state index contributed by atoms with van der Waals surface area (Å²) in [6, 6.07) is 15.4. The van der Waals surface area contributed by atoms with Crippen LogP contribution in [0.25, 0.3) is 11.3 Å². The molecule has 0 atom stereocenters. The fourth-order valence-corrected chi connectivity index (χ4v) is 2.89. The van der Waals surface area contributed by atoms with E-state index in [9.17, 15) is 4.79 Å². The van der Waals surface area contributed by atoms with Crippen LogP contribution < -0.4 is 5.32 Å². The summed E-state index contributed by atoms with van der Waals surface area (Å²) in [4.78, 5) is 16.2. The van der Waals surface area contributed by atoms with Gasteiger partial charge in [0.05, 0.1) is 18.4 Å². The van der Waals surface area contributed by atoms with Crippen molar-refractivity contribution in [2.45, 2.75) is 6.92 Å². The van der Waals surface area contributed by atoms with Gasteiger partial charge in [-0.1, -0.05) is 35.9 Å². The highest BCUT2D eigenvalue weighted by Crippen LogP contribution is 2.27. The number of thiazole rings is 1. The second-order valence-corrected chi connectivity index (χ2v) is 5.96. The first-order chi connectivity index (χ1) is 11.2. The van der Waals surface area contributed by atoms with Crippen LogP contribution in [0.4, 0.5) is 10.8 Å². The van der Waals surface area contributed by atoms with Crippen molar-refractivity contribution in [3.63, 3.8) is 0 Å². The van der Waals surface area contributed by atoms with E-state index in [2.05, 4.69) is 41.5 Å². The van der Waals surface area contributed by atoms with E-state index in [1.807, 2.05) is 17.5 Å². The van der Waals surface area contributed by atoms with Crippen molar-refractivity contribution < 1.29 is 9.53 Å². The molecule has 23 heavy (non-hydrogen) atoms. The molecule has 0 spiro atoms. The van der Waals surface area contributed by atoms with Gasteiger partial charge in [0.15, 0.2) is 5.13 Å². The number of carbonyl (C=O) groups is 1. The summed E-state index contributed by atoms with van der Waals surface area (Å²) < 4.78 is 4.73. The monoisotopic (exact) mass is 324 g/mol. The summed E-state index contributed by atoms with van der Waals surface area (Å²) in [5.41, 5.74) is 4.55. The molecule has 2 aromatic carbocycles. The second kappa shape index (κ2) is 6.62. The van der Waals surface area contributed by atoms with Crippen LogP contribution in [0.5, 0.6) is 0 Å². The molecule has 4 nitrogen and oxygen atoms in total. The molecule has 1 N–H and O–H groups in total. The molecule has 0 aliphatic heterocycles. The number of ether oxygens (including phenoxy) is 1. The number of aromatic nitrogens is 1. The number of rotatable bonds is 4. The Bertz CT molecular complexity index is 825. The maximum Gasteiger partial charge on any atom is 0.337 e. The molecule has 0 bridgehead atoms. The molecular weight excluding hydrogens is 308 g/mol. The number of hydrogen-bond acceptors (Lipinski definition) is 5. The highest BCUT2D eigenvalue weighted by molar-refractivity contribution is 7.14. The van der Waals surface area contributed by atoms with Crippen LogP contribution in [-0.2, 0) is 4.74 Å². The van der Waals surface area contributed by atoms with Crippen LogP contribution in [0, 0.1) is 6.92 Å². The minimum atomic E-state index is -0.354. The molecular formula is C18H16N2O2S. The minimum Gasteiger partial charge on any atom is -0.465 e. The number of carbonyl (C=O) groups excluding carboxylic acids is 1. The van der Waals surface area contributed by atoms with Crippen molar-refractivity contribution in [2.24, 2.45) is 0 Å². The van der Waals surface area contributed by atoms with Crippen LogP contribution in [-0.4, -0.2) is 18.1 Å². The molecule has 3 aromatic rings. The molecule has 0 unspecified atom stereocenters. The van der Waals surface area contributed by atoms with Gasteiger partial charge in [-0.25, -0.2) is 9.78 Å². The maximum absolute atomic E-state index is 11.6. The average molecular weight is 324 g/mol. The first-order valence-electron chi connectivity index (χ1n) is 7.13. The predicted octanol–water partition coefficient (Wildman–Crippen LogP) is 4.65. The van der Waals surface area contributed by atoms with Gasteiger partial charge in [-0.05, 0) is 25.1 Å². The van der Waals surface area contributed by atoms with E-state index in [4.69, 9.17) is 4.74 Å². The van der Waals surface area contributed by atoms with E-state index in [1.165, 1.54) is 24.0 Å².